The highest BCUT2D eigenvalue weighted by molar-refractivity contribution is 8.12. The first-order valence-electron chi connectivity index (χ1n) is 5.11. The monoisotopic (exact) mass is 248 g/mol. The smallest absolute Gasteiger partial charge is 0.159 e. The van der Waals surface area contributed by atoms with Crippen molar-refractivity contribution >= 4 is 28.7 Å². The summed E-state index contributed by atoms with van der Waals surface area (Å²) in [5.74, 6) is 0. The van der Waals surface area contributed by atoms with Crippen molar-refractivity contribution in [3.63, 3.8) is 0 Å². The van der Waals surface area contributed by atoms with Gasteiger partial charge in [-0.15, -0.1) is 0 Å². The zero-order chi connectivity index (χ0) is 10.7. The van der Waals surface area contributed by atoms with Crippen LogP contribution in [0.15, 0.2) is 0 Å². The standard InChI is InChI=1S/C8H24OSi4/c1-9-13(8)11(4,5)10(2,3)12(13,6)7/h1-8H3. The van der Waals surface area contributed by atoms with Gasteiger partial charge in [-0.25, -0.2) is 0 Å². The Morgan fingerprint density at radius 2 is 0.923 bits per heavy atom. The molecule has 0 atom stereocenters. The molecular weight excluding hydrogens is 224 g/mol. The SMILES string of the molecule is CO[Si]1(C)[Si](C)(C)[Si](C)(C)[Si]1(C)C. The summed E-state index contributed by atoms with van der Waals surface area (Å²) in [5, 5.41) is 0. The molecule has 0 bridgehead atoms. The van der Waals surface area contributed by atoms with Crippen molar-refractivity contribution in [1.29, 1.82) is 0 Å². The Morgan fingerprint density at radius 3 is 1.08 bits per heavy atom. The van der Waals surface area contributed by atoms with Crippen LogP contribution in [0.3, 0.4) is 0 Å². The lowest BCUT2D eigenvalue weighted by Crippen LogP contribution is -3.02. The molecule has 1 heterocycles. The van der Waals surface area contributed by atoms with Crippen molar-refractivity contribution in [3.05, 3.63) is 0 Å². The van der Waals surface area contributed by atoms with Crippen LogP contribution in [-0.4, -0.2) is 35.8 Å². The molecule has 1 saturated heterocycles. The number of rotatable bonds is 1. The molecule has 0 radical (unpaired) electrons. The lowest BCUT2D eigenvalue weighted by molar-refractivity contribution is 0.427. The normalized spacial score (nSPS) is 32.3. The van der Waals surface area contributed by atoms with Gasteiger partial charge in [-0.05, 0) is 0 Å². The zero-order valence-corrected chi connectivity index (χ0v) is 14.4. The van der Waals surface area contributed by atoms with Crippen molar-refractivity contribution in [3.8, 4) is 0 Å². The van der Waals surface area contributed by atoms with Gasteiger partial charge in [0, 0.05) is 14.2 Å². The van der Waals surface area contributed by atoms with Gasteiger partial charge in [0.05, 0.1) is 14.2 Å². The molecule has 0 aliphatic carbocycles. The Bertz CT molecular complexity index is 216. The third-order valence-electron chi connectivity index (χ3n) is 5.92. The average molecular weight is 249 g/mol. The lowest BCUT2D eigenvalue weighted by Gasteiger charge is -2.71. The van der Waals surface area contributed by atoms with Gasteiger partial charge in [-0.1, -0.05) is 45.8 Å². The summed E-state index contributed by atoms with van der Waals surface area (Å²) < 4.78 is 6.04. The molecule has 13 heavy (non-hydrogen) atoms. The van der Waals surface area contributed by atoms with Gasteiger partial charge in [-0.3, -0.25) is 0 Å². The molecule has 0 aromatic heterocycles. The quantitative estimate of drug-likeness (QED) is 0.649. The minimum absolute atomic E-state index is 0.848. The van der Waals surface area contributed by atoms with E-state index in [-0.39, 0.29) is 0 Å². The highest BCUT2D eigenvalue weighted by atomic mass is 30.2. The summed E-state index contributed by atoms with van der Waals surface area (Å²) in [5.41, 5.74) is 0. The molecule has 0 unspecified atom stereocenters. The van der Waals surface area contributed by atoms with Crippen LogP contribution in [0, 0.1) is 0 Å². The van der Waals surface area contributed by atoms with E-state index in [9.17, 15) is 0 Å². The molecule has 0 amide bonds. The summed E-state index contributed by atoms with van der Waals surface area (Å²) in [7, 11) is -1.98. The van der Waals surface area contributed by atoms with Crippen molar-refractivity contribution in [2.45, 2.75) is 45.8 Å². The van der Waals surface area contributed by atoms with Crippen LogP contribution >= 0.6 is 0 Å². The van der Waals surface area contributed by atoms with Gasteiger partial charge in [-0.2, -0.15) is 0 Å². The van der Waals surface area contributed by atoms with Gasteiger partial charge >= 0.3 is 0 Å². The molecule has 0 aromatic carbocycles. The maximum absolute atomic E-state index is 6.04. The maximum atomic E-state index is 6.04. The Labute approximate surface area is 86.2 Å². The van der Waals surface area contributed by atoms with Crippen LogP contribution in [0.5, 0.6) is 0 Å². The van der Waals surface area contributed by atoms with E-state index in [1.165, 1.54) is 0 Å². The van der Waals surface area contributed by atoms with E-state index in [0.717, 1.165) is 0 Å². The van der Waals surface area contributed by atoms with Gasteiger partial charge in [0.1, 0.15) is 0 Å². The predicted molar refractivity (Wildman–Crippen MR) is 71.1 cm³/mol. The van der Waals surface area contributed by atoms with Crippen molar-refractivity contribution in [2.24, 2.45) is 0 Å². The predicted octanol–water partition coefficient (Wildman–Crippen LogP) is 2.66. The van der Waals surface area contributed by atoms with Crippen LogP contribution in [0.25, 0.3) is 0 Å². The molecule has 5 heteroatoms. The van der Waals surface area contributed by atoms with Crippen molar-refractivity contribution < 1.29 is 4.43 Å². The summed E-state index contributed by atoms with van der Waals surface area (Å²) in [6.45, 7) is 18.2. The zero-order valence-electron chi connectivity index (χ0n) is 10.4. The van der Waals surface area contributed by atoms with Crippen LogP contribution in [0.4, 0.5) is 0 Å². The van der Waals surface area contributed by atoms with Crippen molar-refractivity contribution in [1.82, 2.24) is 0 Å². The third kappa shape index (κ3) is 0.948. The van der Waals surface area contributed by atoms with Gasteiger partial charge in [0.15, 0.2) is 7.35 Å². The molecular formula is C8H24OSi4. The first-order valence-corrected chi connectivity index (χ1v) is 20.5. The Morgan fingerprint density at radius 1 is 0.615 bits per heavy atom. The van der Waals surface area contributed by atoms with Gasteiger partial charge < -0.3 is 4.43 Å². The number of hydrogen-bond donors (Lipinski definition) is 0. The fraction of sp³-hybridized carbons (Fsp3) is 1.00. The second-order valence-corrected chi connectivity index (χ2v) is 52.6. The first-order chi connectivity index (χ1) is 5.56. The topological polar surface area (TPSA) is 9.23 Å². The second kappa shape index (κ2) is 2.69. The first kappa shape index (κ1) is 11.9. The Balaban J connectivity index is 3.18. The fourth-order valence-electron chi connectivity index (χ4n) is 3.20. The maximum Gasteiger partial charge on any atom is 0.159 e. The van der Waals surface area contributed by atoms with E-state index in [2.05, 4.69) is 45.8 Å². The largest absolute Gasteiger partial charge is 0.427 e. The van der Waals surface area contributed by atoms with Crippen LogP contribution in [0.2, 0.25) is 45.8 Å². The molecule has 1 nitrogen and oxygen atoms in total. The van der Waals surface area contributed by atoms with Crippen LogP contribution in [-0.2, 0) is 4.43 Å². The molecule has 1 rings (SSSR count). The van der Waals surface area contributed by atoms with Crippen molar-refractivity contribution in [2.75, 3.05) is 7.11 Å². The molecule has 0 spiro atoms. The van der Waals surface area contributed by atoms with E-state index >= 15 is 0 Å². The minimum Gasteiger partial charge on any atom is -0.427 e. The molecule has 78 valence electrons. The van der Waals surface area contributed by atoms with E-state index in [0.29, 0.717) is 0 Å². The molecule has 0 aromatic rings. The third-order valence-corrected chi connectivity index (χ3v) is 103. The molecule has 1 fully saturated rings. The van der Waals surface area contributed by atoms with Gasteiger partial charge in [0.2, 0.25) is 0 Å². The van der Waals surface area contributed by atoms with E-state index in [4.69, 9.17) is 4.43 Å². The summed E-state index contributed by atoms with van der Waals surface area (Å²) in [6, 6.07) is 0. The van der Waals surface area contributed by atoms with E-state index < -0.39 is 28.7 Å². The van der Waals surface area contributed by atoms with Crippen LogP contribution < -0.4 is 0 Å². The molecule has 0 N–H and O–H groups in total. The highest BCUT2D eigenvalue weighted by Crippen LogP contribution is 2.51. The summed E-state index contributed by atoms with van der Waals surface area (Å²) in [6.07, 6.45) is 0. The molecule has 1 aliphatic heterocycles. The Kier molecular flexibility index (Phi) is 2.46. The second-order valence-electron chi connectivity index (χ2n) is 6.11. The van der Waals surface area contributed by atoms with Gasteiger partial charge in [0.25, 0.3) is 0 Å². The highest BCUT2D eigenvalue weighted by Gasteiger charge is 2.79. The lowest BCUT2D eigenvalue weighted by atomic mass is 11.8. The average Bonchev–Trinajstić information content (AvgIpc) is 2.00. The summed E-state index contributed by atoms with van der Waals surface area (Å²) >= 11 is 0. The molecule has 1 aliphatic rings. The minimum atomic E-state index is -1.22. The summed E-state index contributed by atoms with van der Waals surface area (Å²) in [4.78, 5) is 0. The van der Waals surface area contributed by atoms with Crippen LogP contribution in [0.1, 0.15) is 0 Å². The fourth-order valence-corrected chi connectivity index (χ4v) is 133. The Hall–Kier alpha value is 0.828. The van der Waals surface area contributed by atoms with E-state index in [1.54, 1.807) is 0 Å². The molecule has 0 saturated carbocycles. The van der Waals surface area contributed by atoms with E-state index in [1.807, 2.05) is 7.11 Å². The number of hydrogen-bond acceptors (Lipinski definition) is 1.